The molecular weight excluding hydrogens is 243 g/mol. The van der Waals surface area contributed by atoms with Gasteiger partial charge < -0.3 is 0 Å². The SMILES string of the molecule is CC(C)CCN(C)S(=O)(=O)c1ncccc1F. The van der Waals surface area contributed by atoms with Gasteiger partial charge in [-0.2, -0.15) is 4.31 Å². The Morgan fingerprint density at radius 3 is 2.65 bits per heavy atom. The molecule has 1 rings (SSSR count). The summed E-state index contributed by atoms with van der Waals surface area (Å²) in [6.07, 6.45) is 2.00. The van der Waals surface area contributed by atoms with Crippen molar-refractivity contribution in [2.24, 2.45) is 5.92 Å². The van der Waals surface area contributed by atoms with Gasteiger partial charge in [0, 0.05) is 19.8 Å². The summed E-state index contributed by atoms with van der Waals surface area (Å²) in [5.74, 6) is -0.426. The molecule has 6 heteroatoms. The maximum absolute atomic E-state index is 13.4. The number of rotatable bonds is 5. The average molecular weight is 260 g/mol. The molecule has 96 valence electrons. The minimum atomic E-state index is -3.82. The smallest absolute Gasteiger partial charge is 0.241 e. The van der Waals surface area contributed by atoms with Crippen LogP contribution in [-0.4, -0.2) is 31.3 Å². The van der Waals surface area contributed by atoms with E-state index < -0.39 is 20.9 Å². The molecule has 1 heterocycles. The third kappa shape index (κ3) is 3.47. The van der Waals surface area contributed by atoms with Gasteiger partial charge in [-0.1, -0.05) is 13.8 Å². The summed E-state index contributed by atoms with van der Waals surface area (Å²) < 4.78 is 38.5. The lowest BCUT2D eigenvalue weighted by Crippen LogP contribution is -2.30. The zero-order valence-electron chi connectivity index (χ0n) is 10.2. The number of nitrogens with zero attached hydrogens (tertiary/aromatic N) is 2. The maximum atomic E-state index is 13.4. The first-order valence-electron chi connectivity index (χ1n) is 5.42. The Labute approximate surface area is 102 Å². The summed E-state index contributed by atoms with van der Waals surface area (Å²) in [5, 5.41) is -0.508. The Balaban J connectivity index is 2.92. The molecule has 0 bridgehead atoms. The van der Waals surface area contributed by atoms with Gasteiger partial charge in [0.05, 0.1) is 0 Å². The molecule has 0 saturated heterocycles. The second-order valence-corrected chi connectivity index (χ2v) is 6.26. The fraction of sp³-hybridized carbons (Fsp3) is 0.545. The Kier molecular flexibility index (Phi) is 4.59. The molecule has 17 heavy (non-hydrogen) atoms. The maximum Gasteiger partial charge on any atom is 0.263 e. The molecule has 1 aromatic heterocycles. The van der Waals surface area contributed by atoms with Gasteiger partial charge in [0.2, 0.25) is 5.03 Å². The summed E-state index contributed by atoms with van der Waals surface area (Å²) in [5.41, 5.74) is 0. The quantitative estimate of drug-likeness (QED) is 0.812. The third-order valence-corrected chi connectivity index (χ3v) is 4.19. The lowest BCUT2D eigenvalue weighted by molar-refractivity contribution is 0.422. The molecule has 0 unspecified atom stereocenters. The highest BCUT2D eigenvalue weighted by molar-refractivity contribution is 7.89. The second kappa shape index (κ2) is 5.55. The van der Waals surface area contributed by atoms with E-state index in [4.69, 9.17) is 0 Å². The van der Waals surface area contributed by atoms with Crippen LogP contribution in [0.15, 0.2) is 23.4 Å². The van der Waals surface area contributed by atoms with Gasteiger partial charge in [-0.05, 0) is 24.5 Å². The number of hydrogen-bond donors (Lipinski definition) is 0. The molecule has 0 aromatic carbocycles. The number of pyridine rings is 1. The molecule has 0 aliphatic heterocycles. The van der Waals surface area contributed by atoms with Crippen molar-refractivity contribution in [3.05, 3.63) is 24.1 Å². The standard InChI is InChI=1S/C11H17FN2O2S/c1-9(2)6-8-14(3)17(15,16)11-10(12)5-4-7-13-11/h4-5,7,9H,6,8H2,1-3H3. The zero-order chi connectivity index (χ0) is 13.1. The van der Waals surface area contributed by atoms with Crippen LogP contribution in [0.3, 0.4) is 0 Å². The van der Waals surface area contributed by atoms with Crippen LogP contribution in [-0.2, 0) is 10.0 Å². The average Bonchev–Trinajstić information content (AvgIpc) is 2.26. The monoisotopic (exact) mass is 260 g/mol. The van der Waals surface area contributed by atoms with E-state index >= 15 is 0 Å². The minimum absolute atomic E-state index is 0.357. The highest BCUT2D eigenvalue weighted by Crippen LogP contribution is 2.15. The van der Waals surface area contributed by atoms with Gasteiger partial charge in [-0.25, -0.2) is 17.8 Å². The summed E-state index contributed by atoms with van der Waals surface area (Å²) in [6.45, 7) is 4.36. The molecular formula is C11H17FN2O2S. The van der Waals surface area contributed by atoms with Crippen LogP contribution in [0.1, 0.15) is 20.3 Å². The summed E-state index contributed by atoms with van der Waals surface area (Å²) in [4.78, 5) is 3.59. The lowest BCUT2D eigenvalue weighted by Gasteiger charge is -2.17. The molecule has 0 N–H and O–H groups in total. The largest absolute Gasteiger partial charge is 0.263 e. The second-order valence-electron chi connectivity index (χ2n) is 4.30. The van der Waals surface area contributed by atoms with Crippen molar-refractivity contribution in [1.29, 1.82) is 0 Å². The van der Waals surface area contributed by atoms with Crippen molar-refractivity contribution in [2.75, 3.05) is 13.6 Å². The van der Waals surface area contributed by atoms with Crippen molar-refractivity contribution in [3.8, 4) is 0 Å². The lowest BCUT2D eigenvalue weighted by atomic mass is 10.1. The summed E-state index contributed by atoms with van der Waals surface area (Å²) in [6, 6.07) is 2.46. The number of hydrogen-bond acceptors (Lipinski definition) is 3. The minimum Gasteiger partial charge on any atom is -0.241 e. The molecule has 0 radical (unpaired) electrons. The number of aromatic nitrogens is 1. The fourth-order valence-electron chi connectivity index (χ4n) is 1.27. The topological polar surface area (TPSA) is 50.3 Å². The van der Waals surface area contributed by atoms with E-state index in [0.29, 0.717) is 12.5 Å². The molecule has 0 atom stereocenters. The Bertz CT molecular complexity index is 474. The number of sulfonamides is 1. The molecule has 0 aliphatic carbocycles. The predicted molar refractivity (Wildman–Crippen MR) is 63.5 cm³/mol. The third-order valence-electron chi connectivity index (χ3n) is 2.40. The van der Waals surface area contributed by atoms with E-state index in [0.717, 1.165) is 16.8 Å². The van der Waals surface area contributed by atoms with Crippen LogP contribution in [0.2, 0.25) is 0 Å². The highest BCUT2D eigenvalue weighted by Gasteiger charge is 2.25. The van der Waals surface area contributed by atoms with Gasteiger partial charge in [0.15, 0.2) is 5.82 Å². The summed E-state index contributed by atoms with van der Waals surface area (Å²) in [7, 11) is -2.38. The van der Waals surface area contributed by atoms with Crippen LogP contribution < -0.4 is 0 Å². The van der Waals surface area contributed by atoms with Crippen molar-refractivity contribution < 1.29 is 12.8 Å². The first kappa shape index (κ1) is 14.1. The van der Waals surface area contributed by atoms with Crippen molar-refractivity contribution in [1.82, 2.24) is 9.29 Å². The Hall–Kier alpha value is -1.01. The van der Waals surface area contributed by atoms with Crippen LogP contribution in [0, 0.1) is 11.7 Å². The predicted octanol–water partition coefficient (Wildman–Crippen LogP) is 1.89. The Morgan fingerprint density at radius 2 is 2.12 bits per heavy atom. The molecule has 0 spiro atoms. The van der Waals surface area contributed by atoms with Crippen LogP contribution >= 0.6 is 0 Å². The van der Waals surface area contributed by atoms with Crippen molar-refractivity contribution in [3.63, 3.8) is 0 Å². The first-order chi connectivity index (χ1) is 7.85. The first-order valence-corrected chi connectivity index (χ1v) is 6.86. The van der Waals surface area contributed by atoms with E-state index in [9.17, 15) is 12.8 Å². The van der Waals surface area contributed by atoms with Crippen LogP contribution in [0.4, 0.5) is 4.39 Å². The van der Waals surface area contributed by atoms with E-state index in [2.05, 4.69) is 4.98 Å². The van der Waals surface area contributed by atoms with E-state index in [1.807, 2.05) is 13.8 Å². The van der Waals surface area contributed by atoms with E-state index in [1.54, 1.807) is 0 Å². The van der Waals surface area contributed by atoms with Gasteiger partial charge >= 0.3 is 0 Å². The molecule has 4 nitrogen and oxygen atoms in total. The fourth-order valence-corrected chi connectivity index (χ4v) is 2.42. The van der Waals surface area contributed by atoms with Crippen molar-refractivity contribution in [2.45, 2.75) is 25.3 Å². The van der Waals surface area contributed by atoms with Gasteiger partial charge in [0.25, 0.3) is 10.0 Å². The van der Waals surface area contributed by atoms with Crippen LogP contribution in [0.5, 0.6) is 0 Å². The number of halogens is 1. The normalized spacial score (nSPS) is 12.4. The molecule has 0 amide bonds. The van der Waals surface area contributed by atoms with Gasteiger partial charge in [0.1, 0.15) is 0 Å². The molecule has 0 saturated carbocycles. The molecule has 0 fully saturated rings. The zero-order valence-corrected chi connectivity index (χ0v) is 11.0. The molecule has 1 aromatic rings. The van der Waals surface area contributed by atoms with Crippen LogP contribution in [0.25, 0.3) is 0 Å². The van der Waals surface area contributed by atoms with Crippen molar-refractivity contribution >= 4 is 10.0 Å². The van der Waals surface area contributed by atoms with Gasteiger partial charge in [-0.3, -0.25) is 0 Å². The highest BCUT2D eigenvalue weighted by atomic mass is 32.2. The summed E-state index contributed by atoms with van der Waals surface area (Å²) >= 11 is 0. The molecule has 0 aliphatic rings. The Morgan fingerprint density at radius 1 is 1.47 bits per heavy atom. The van der Waals surface area contributed by atoms with Gasteiger partial charge in [-0.15, -0.1) is 0 Å². The van der Waals surface area contributed by atoms with E-state index in [-0.39, 0.29) is 0 Å². The van der Waals surface area contributed by atoms with E-state index in [1.165, 1.54) is 19.3 Å².